The number of halogens is 2. The van der Waals surface area contributed by atoms with Gasteiger partial charge < -0.3 is 5.32 Å². The fourth-order valence-corrected chi connectivity index (χ4v) is 4.55. The molecule has 0 unspecified atom stereocenters. The van der Waals surface area contributed by atoms with E-state index in [1.807, 2.05) is 42.5 Å². The summed E-state index contributed by atoms with van der Waals surface area (Å²) in [5, 5.41) is 11.5. The topological polar surface area (TPSA) is 87.0 Å². The fraction of sp³-hybridized carbons (Fsp3) is 0.238. The van der Waals surface area contributed by atoms with Crippen molar-refractivity contribution in [2.24, 2.45) is 0 Å². The zero-order valence-electron chi connectivity index (χ0n) is 15.6. The number of benzene rings is 2. The fourth-order valence-electron chi connectivity index (χ4n) is 2.57. The minimum Gasteiger partial charge on any atom is -0.352 e. The van der Waals surface area contributed by atoms with E-state index in [-0.39, 0.29) is 17.7 Å². The number of carbonyl (C=O) groups excluding carboxylic acids is 1. The Labute approximate surface area is 188 Å². The van der Waals surface area contributed by atoms with Crippen molar-refractivity contribution < 1.29 is 13.2 Å². The molecule has 1 amide bonds. The van der Waals surface area contributed by atoms with Gasteiger partial charge in [-0.05, 0) is 41.8 Å². The van der Waals surface area contributed by atoms with Crippen LogP contribution in [0.2, 0.25) is 0 Å². The smallest absolute Gasteiger partial charge is 0.248 e. The Morgan fingerprint density at radius 3 is 2.45 bits per heavy atom. The van der Waals surface area contributed by atoms with Gasteiger partial charge in [0.1, 0.15) is 0 Å². The highest BCUT2D eigenvalue weighted by atomic mass is 79.9. The van der Waals surface area contributed by atoms with Gasteiger partial charge in [0.25, 0.3) is 0 Å². The molecule has 0 aliphatic rings. The number of nitrogens with one attached hydrogen (secondary N) is 1. The molecule has 152 valence electrons. The van der Waals surface area contributed by atoms with Crippen LogP contribution in [0, 0.1) is 11.3 Å². The number of carbonyl (C=O) groups is 1. The highest BCUT2D eigenvalue weighted by Gasteiger charge is 2.19. The van der Waals surface area contributed by atoms with E-state index in [1.54, 1.807) is 18.2 Å². The predicted molar refractivity (Wildman–Crippen MR) is 122 cm³/mol. The Bertz CT molecular complexity index is 1030. The van der Waals surface area contributed by atoms with Gasteiger partial charge in [-0.3, -0.25) is 4.79 Å². The summed E-state index contributed by atoms with van der Waals surface area (Å²) in [5.41, 5.74) is 1.92. The zero-order valence-corrected chi connectivity index (χ0v) is 19.6. The second-order valence-electron chi connectivity index (χ2n) is 6.32. The van der Waals surface area contributed by atoms with Gasteiger partial charge >= 0.3 is 0 Å². The molecule has 0 aliphatic heterocycles. The normalized spacial score (nSPS) is 11.7. The molecule has 0 heterocycles. The van der Waals surface area contributed by atoms with E-state index in [2.05, 4.69) is 37.2 Å². The number of hydrogen-bond donors (Lipinski definition) is 1. The SMILES string of the molecule is N#CCCS(=O)(=O)C/C(=C\c1ccc(Br)cc1)C(=O)NCCc1ccccc1Br. The third kappa shape index (κ3) is 8.13. The zero-order chi connectivity index (χ0) is 21.3. The minimum atomic E-state index is -3.57. The molecule has 8 heteroatoms. The van der Waals surface area contributed by atoms with Crippen LogP contribution in [-0.2, 0) is 21.1 Å². The van der Waals surface area contributed by atoms with E-state index < -0.39 is 21.5 Å². The maximum Gasteiger partial charge on any atom is 0.248 e. The van der Waals surface area contributed by atoms with Gasteiger partial charge in [0.2, 0.25) is 5.91 Å². The van der Waals surface area contributed by atoms with Crippen molar-refractivity contribution in [2.45, 2.75) is 12.8 Å². The van der Waals surface area contributed by atoms with Crippen LogP contribution >= 0.6 is 31.9 Å². The molecule has 0 saturated heterocycles. The summed E-state index contributed by atoms with van der Waals surface area (Å²) in [6, 6.07) is 16.8. The van der Waals surface area contributed by atoms with Crippen LogP contribution < -0.4 is 5.32 Å². The van der Waals surface area contributed by atoms with Gasteiger partial charge in [-0.25, -0.2) is 8.42 Å². The molecular formula is C21H20Br2N2O3S. The molecule has 5 nitrogen and oxygen atoms in total. The lowest BCUT2D eigenvalue weighted by Gasteiger charge is -2.11. The molecule has 0 fully saturated rings. The highest BCUT2D eigenvalue weighted by Crippen LogP contribution is 2.17. The van der Waals surface area contributed by atoms with E-state index in [1.165, 1.54) is 0 Å². The third-order valence-electron chi connectivity index (χ3n) is 4.04. The summed E-state index contributed by atoms with van der Waals surface area (Å²) in [6.07, 6.45) is 2.08. The summed E-state index contributed by atoms with van der Waals surface area (Å²) in [7, 11) is -3.57. The Morgan fingerprint density at radius 2 is 1.79 bits per heavy atom. The van der Waals surface area contributed by atoms with Crippen molar-refractivity contribution in [3.63, 3.8) is 0 Å². The lowest BCUT2D eigenvalue weighted by molar-refractivity contribution is -0.117. The lowest BCUT2D eigenvalue weighted by Crippen LogP contribution is -2.30. The average Bonchev–Trinajstić information content (AvgIpc) is 2.69. The Balaban J connectivity index is 2.15. The largest absolute Gasteiger partial charge is 0.352 e. The van der Waals surface area contributed by atoms with Gasteiger partial charge in [0.05, 0.1) is 17.6 Å². The Morgan fingerprint density at radius 1 is 1.10 bits per heavy atom. The number of nitrogens with zero attached hydrogens (tertiary/aromatic N) is 1. The number of amides is 1. The average molecular weight is 540 g/mol. The van der Waals surface area contributed by atoms with Crippen LogP contribution in [0.25, 0.3) is 6.08 Å². The molecule has 0 aromatic heterocycles. The molecule has 0 aliphatic carbocycles. The van der Waals surface area contributed by atoms with Crippen molar-refractivity contribution in [1.82, 2.24) is 5.32 Å². The van der Waals surface area contributed by atoms with Gasteiger partial charge in [-0.15, -0.1) is 0 Å². The second-order valence-corrected chi connectivity index (χ2v) is 10.3. The summed E-state index contributed by atoms with van der Waals surface area (Å²) in [4.78, 5) is 12.7. The van der Waals surface area contributed by atoms with E-state index in [9.17, 15) is 13.2 Å². The van der Waals surface area contributed by atoms with Crippen LogP contribution in [-0.4, -0.2) is 32.4 Å². The predicted octanol–water partition coefficient (Wildman–Crippen LogP) is 4.28. The van der Waals surface area contributed by atoms with Crippen LogP contribution in [0.15, 0.2) is 63.0 Å². The number of rotatable bonds is 9. The van der Waals surface area contributed by atoms with Crippen LogP contribution in [0.4, 0.5) is 0 Å². The molecule has 0 spiro atoms. The first kappa shape index (κ1) is 23.3. The molecule has 2 aromatic carbocycles. The van der Waals surface area contributed by atoms with Crippen molar-refractivity contribution in [1.29, 1.82) is 5.26 Å². The van der Waals surface area contributed by atoms with Crippen molar-refractivity contribution in [2.75, 3.05) is 18.1 Å². The number of nitriles is 1. The maximum atomic E-state index is 12.7. The van der Waals surface area contributed by atoms with Gasteiger partial charge in [0, 0.05) is 27.5 Å². The van der Waals surface area contributed by atoms with E-state index in [0.29, 0.717) is 13.0 Å². The molecule has 2 rings (SSSR count). The molecule has 2 aromatic rings. The van der Waals surface area contributed by atoms with Gasteiger partial charge in [-0.1, -0.05) is 62.2 Å². The van der Waals surface area contributed by atoms with Crippen LogP contribution in [0.5, 0.6) is 0 Å². The van der Waals surface area contributed by atoms with Crippen LogP contribution in [0.1, 0.15) is 17.5 Å². The quantitative estimate of drug-likeness (QED) is 0.482. The third-order valence-corrected chi connectivity index (χ3v) is 6.92. The summed E-state index contributed by atoms with van der Waals surface area (Å²) < 4.78 is 26.4. The summed E-state index contributed by atoms with van der Waals surface area (Å²) in [5.74, 6) is -1.11. The Kier molecular flexibility index (Phi) is 9.08. The van der Waals surface area contributed by atoms with Gasteiger partial charge in [-0.2, -0.15) is 5.26 Å². The number of sulfone groups is 1. The Hall–Kier alpha value is -1.95. The summed E-state index contributed by atoms with van der Waals surface area (Å²) in [6.45, 7) is 0.372. The van der Waals surface area contributed by atoms with E-state index in [0.717, 1.165) is 20.1 Å². The standard InChI is InChI=1S/C21H20Br2N2O3S/c22-19-8-6-16(7-9-19)14-18(15-29(27,28)13-3-11-24)21(26)25-12-10-17-4-1-2-5-20(17)23/h1-2,4-9,14H,3,10,12-13,15H2,(H,25,26)/b18-14+. The molecule has 29 heavy (non-hydrogen) atoms. The molecular weight excluding hydrogens is 520 g/mol. The first-order chi connectivity index (χ1) is 13.8. The van der Waals surface area contributed by atoms with Crippen LogP contribution in [0.3, 0.4) is 0 Å². The monoisotopic (exact) mass is 538 g/mol. The molecule has 1 N–H and O–H groups in total. The highest BCUT2D eigenvalue weighted by molar-refractivity contribution is 9.10. The molecule has 0 radical (unpaired) electrons. The molecule has 0 saturated carbocycles. The van der Waals surface area contributed by atoms with E-state index >= 15 is 0 Å². The first-order valence-electron chi connectivity index (χ1n) is 8.86. The van der Waals surface area contributed by atoms with Crippen molar-refractivity contribution in [3.05, 3.63) is 74.2 Å². The molecule has 0 atom stereocenters. The number of hydrogen-bond acceptors (Lipinski definition) is 4. The van der Waals surface area contributed by atoms with Gasteiger partial charge in [0.15, 0.2) is 9.84 Å². The summed E-state index contributed by atoms with van der Waals surface area (Å²) >= 11 is 6.82. The molecule has 0 bridgehead atoms. The second kappa shape index (κ2) is 11.3. The minimum absolute atomic E-state index is 0.0997. The van der Waals surface area contributed by atoms with Crippen molar-refractivity contribution in [3.8, 4) is 6.07 Å². The maximum absolute atomic E-state index is 12.7. The van der Waals surface area contributed by atoms with E-state index in [4.69, 9.17) is 5.26 Å². The first-order valence-corrected chi connectivity index (χ1v) is 12.3. The van der Waals surface area contributed by atoms with Crippen molar-refractivity contribution >= 4 is 53.7 Å². The lowest BCUT2D eigenvalue weighted by atomic mass is 10.1.